The first kappa shape index (κ1) is 22.6. The molecule has 5 rings (SSSR count). The van der Waals surface area contributed by atoms with Crippen molar-refractivity contribution in [1.82, 2.24) is 14.9 Å². The van der Waals surface area contributed by atoms with Gasteiger partial charge in [0.1, 0.15) is 0 Å². The van der Waals surface area contributed by atoms with Crippen LogP contribution in [0.2, 0.25) is 0 Å². The highest BCUT2D eigenvalue weighted by Gasteiger charge is 2.15. The van der Waals surface area contributed by atoms with E-state index in [9.17, 15) is 9.11 Å². The molecule has 0 aliphatic carbocycles. The second-order valence-electron chi connectivity index (χ2n) is 8.76. The first-order valence-electron chi connectivity index (χ1n) is 11.3. The van der Waals surface area contributed by atoms with Crippen LogP contribution in [-0.4, -0.2) is 63.5 Å². The number of aromatic nitrogens is 2. The minimum Gasteiger partial charge on any atom is -0.369 e. The second kappa shape index (κ2) is 9.23. The number of nitrogens with zero attached hydrogens (tertiary/aromatic N) is 4. The molecule has 8 heteroatoms. The van der Waals surface area contributed by atoms with E-state index in [1.165, 1.54) is 11.9 Å². The van der Waals surface area contributed by atoms with E-state index in [0.717, 1.165) is 53.9 Å². The van der Waals surface area contributed by atoms with Gasteiger partial charge in [0.25, 0.3) is 0 Å². The number of anilines is 3. The van der Waals surface area contributed by atoms with Gasteiger partial charge >= 0.3 is 0 Å². The topological polar surface area (TPSA) is 84.8 Å². The highest BCUT2D eigenvalue weighted by molar-refractivity contribution is 8.23. The summed E-state index contributed by atoms with van der Waals surface area (Å²) in [5.74, 6) is 0.520. The summed E-state index contributed by atoms with van der Waals surface area (Å²) >= 11 is 0. The Morgan fingerprint density at radius 1 is 0.941 bits per heavy atom. The zero-order valence-corrected chi connectivity index (χ0v) is 20.2. The van der Waals surface area contributed by atoms with Gasteiger partial charge in [-0.2, -0.15) is 10.6 Å². The molecular weight excluding hydrogens is 446 g/mol. The fraction of sp³-hybridized carbons (Fsp3) is 0.231. The lowest BCUT2D eigenvalue weighted by atomic mass is 10.0. The van der Waals surface area contributed by atoms with Crippen LogP contribution in [-0.2, 0) is 0 Å². The number of fused-ring (bicyclic) bond motifs is 1. The lowest BCUT2D eigenvalue weighted by Gasteiger charge is -2.34. The van der Waals surface area contributed by atoms with E-state index >= 15 is 0 Å². The molecule has 0 unspecified atom stereocenters. The molecule has 0 spiro atoms. The Hall–Kier alpha value is -3.17. The molecule has 0 bridgehead atoms. The standard InChI is InChI=1S/C26H29N5O2S.H2/c1-30-12-14-31(15-13-30)22-9-5-8-21(17-22)28-26-27-18-20-7-4-11-24(25(20)29-26)19-6-3-10-23(16-19)34(2,32)33;/h3-11,16-18,32-33H,12-15H2,1-2H3,(H,27,28,29);1H. The summed E-state index contributed by atoms with van der Waals surface area (Å²) in [6.07, 6.45) is 3.26. The smallest absolute Gasteiger partial charge is 0.227 e. The highest BCUT2D eigenvalue weighted by atomic mass is 32.3. The number of hydrogen-bond acceptors (Lipinski definition) is 7. The average Bonchev–Trinajstić information content (AvgIpc) is 2.84. The Bertz CT molecular complexity index is 1320. The van der Waals surface area contributed by atoms with Crippen LogP contribution in [0.3, 0.4) is 0 Å². The summed E-state index contributed by atoms with van der Waals surface area (Å²) in [5.41, 5.74) is 4.73. The molecule has 0 atom stereocenters. The zero-order valence-electron chi connectivity index (χ0n) is 19.3. The molecule has 0 saturated carbocycles. The normalized spacial score (nSPS) is 15.5. The van der Waals surface area contributed by atoms with Gasteiger partial charge in [-0.15, -0.1) is 0 Å². The van der Waals surface area contributed by atoms with E-state index in [-0.39, 0.29) is 1.43 Å². The molecule has 34 heavy (non-hydrogen) atoms. The van der Waals surface area contributed by atoms with Crippen LogP contribution in [0.25, 0.3) is 22.0 Å². The predicted octanol–water partition coefficient (Wildman–Crippen LogP) is 5.78. The number of nitrogens with one attached hydrogen (secondary N) is 1. The Morgan fingerprint density at radius 3 is 2.50 bits per heavy atom. The van der Waals surface area contributed by atoms with Crippen molar-refractivity contribution in [2.24, 2.45) is 0 Å². The van der Waals surface area contributed by atoms with E-state index < -0.39 is 10.6 Å². The summed E-state index contributed by atoms with van der Waals surface area (Å²) < 4.78 is 20.2. The predicted molar refractivity (Wildman–Crippen MR) is 144 cm³/mol. The van der Waals surface area contributed by atoms with E-state index in [0.29, 0.717) is 10.8 Å². The van der Waals surface area contributed by atoms with Gasteiger partial charge in [-0.3, -0.25) is 9.11 Å². The Balaban J connectivity index is 0.00000289. The molecule has 1 aliphatic heterocycles. The van der Waals surface area contributed by atoms with Crippen LogP contribution in [0.5, 0.6) is 0 Å². The molecule has 0 amide bonds. The SMILES string of the molecule is CN1CCN(c2cccc(Nc3ncc4cccc(-c5cccc(S(C)(O)O)c5)c4n3)c2)CC1.[HH]. The number of para-hydroxylation sites is 1. The number of benzene rings is 3. The van der Waals surface area contributed by atoms with Crippen molar-refractivity contribution in [3.05, 3.63) is 72.9 Å². The number of likely N-dealkylation sites (N-methyl/N-ethyl adjacent to an activating group) is 1. The molecule has 7 nitrogen and oxygen atoms in total. The molecule has 3 aromatic carbocycles. The number of rotatable bonds is 5. The fourth-order valence-corrected chi connectivity index (χ4v) is 4.91. The summed E-state index contributed by atoms with van der Waals surface area (Å²) in [5, 5.41) is 4.28. The molecule has 1 saturated heterocycles. The third-order valence-electron chi connectivity index (χ3n) is 6.17. The molecule has 2 heterocycles. The molecule has 1 aliphatic rings. The van der Waals surface area contributed by atoms with Crippen molar-refractivity contribution in [3.8, 4) is 11.1 Å². The lowest BCUT2D eigenvalue weighted by molar-refractivity contribution is 0.313. The fourth-order valence-electron chi connectivity index (χ4n) is 4.23. The van der Waals surface area contributed by atoms with Gasteiger partial charge in [-0.1, -0.05) is 36.4 Å². The zero-order chi connectivity index (χ0) is 23.7. The average molecular weight is 478 g/mol. The van der Waals surface area contributed by atoms with Gasteiger partial charge in [0.05, 0.1) is 10.4 Å². The van der Waals surface area contributed by atoms with Gasteiger partial charge in [0.2, 0.25) is 5.95 Å². The van der Waals surface area contributed by atoms with Crippen molar-refractivity contribution in [3.63, 3.8) is 0 Å². The summed E-state index contributed by atoms with van der Waals surface area (Å²) in [6.45, 7) is 4.14. The van der Waals surface area contributed by atoms with E-state index in [1.54, 1.807) is 6.07 Å². The second-order valence-corrected chi connectivity index (χ2v) is 10.9. The first-order chi connectivity index (χ1) is 16.4. The molecule has 4 aromatic rings. The summed E-state index contributed by atoms with van der Waals surface area (Å²) in [4.78, 5) is 14.6. The quantitative estimate of drug-likeness (QED) is 0.336. The van der Waals surface area contributed by atoms with Crippen LogP contribution in [0.4, 0.5) is 17.3 Å². The lowest BCUT2D eigenvalue weighted by Crippen LogP contribution is -2.44. The summed E-state index contributed by atoms with van der Waals surface area (Å²) in [6, 6.07) is 21.6. The maximum Gasteiger partial charge on any atom is 0.227 e. The largest absolute Gasteiger partial charge is 0.369 e. The van der Waals surface area contributed by atoms with Crippen molar-refractivity contribution >= 4 is 38.8 Å². The van der Waals surface area contributed by atoms with Crippen molar-refractivity contribution in [2.45, 2.75) is 4.90 Å². The molecule has 0 radical (unpaired) electrons. The highest BCUT2D eigenvalue weighted by Crippen LogP contribution is 2.45. The van der Waals surface area contributed by atoms with Gasteiger partial charge in [-0.25, -0.2) is 9.97 Å². The van der Waals surface area contributed by atoms with E-state index in [2.05, 4.69) is 45.3 Å². The van der Waals surface area contributed by atoms with Crippen molar-refractivity contribution < 1.29 is 10.5 Å². The summed E-state index contributed by atoms with van der Waals surface area (Å²) in [7, 11) is -0.647. The van der Waals surface area contributed by atoms with Crippen LogP contribution < -0.4 is 10.2 Å². The maximum absolute atomic E-state index is 10.1. The van der Waals surface area contributed by atoms with Crippen LogP contribution >= 0.6 is 10.6 Å². The van der Waals surface area contributed by atoms with E-state index in [4.69, 9.17) is 4.98 Å². The monoisotopic (exact) mass is 477 g/mol. The van der Waals surface area contributed by atoms with Crippen LogP contribution in [0.15, 0.2) is 77.8 Å². The van der Waals surface area contributed by atoms with Gasteiger partial charge < -0.3 is 15.1 Å². The minimum atomic E-state index is -2.80. The third-order valence-corrected chi connectivity index (χ3v) is 7.32. The molecule has 1 fully saturated rings. The molecule has 178 valence electrons. The molecule has 3 N–H and O–H groups in total. The van der Waals surface area contributed by atoms with E-state index in [1.807, 2.05) is 48.7 Å². The minimum absolute atomic E-state index is 0. The third kappa shape index (κ3) is 4.85. The Labute approximate surface area is 202 Å². The Morgan fingerprint density at radius 2 is 1.71 bits per heavy atom. The van der Waals surface area contributed by atoms with Crippen molar-refractivity contribution in [1.29, 1.82) is 0 Å². The number of hydrogen-bond donors (Lipinski definition) is 3. The van der Waals surface area contributed by atoms with Crippen LogP contribution in [0.1, 0.15) is 1.43 Å². The molecular formula is C26H31N5O2S. The number of piperazine rings is 1. The van der Waals surface area contributed by atoms with Gasteiger partial charge in [0, 0.05) is 62.4 Å². The van der Waals surface area contributed by atoms with Gasteiger partial charge in [-0.05, 0) is 42.9 Å². The maximum atomic E-state index is 10.1. The van der Waals surface area contributed by atoms with Gasteiger partial charge in [0.15, 0.2) is 0 Å². The Kier molecular flexibility index (Phi) is 6.14. The van der Waals surface area contributed by atoms with Crippen LogP contribution in [0, 0.1) is 0 Å². The molecule has 1 aromatic heterocycles. The van der Waals surface area contributed by atoms with Crippen molar-refractivity contribution in [2.75, 3.05) is 49.7 Å². The first-order valence-corrected chi connectivity index (χ1v) is 13.2.